The highest BCUT2D eigenvalue weighted by Crippen LogP contribution is 2.28. The maximum absolute atomic E-state index is 12.3. The fourth-order valence-electron chi connectivity index (χ4n) is 1.97. The number of amides is 1. The van der Waals surface area contributed by atoms with Crippen LogP contribution >= 0.6 is 0 Å². The molecule has 0 fully saturated rings. The summed E-state index contributed by atoms with van der Waals surface area (Å²) in [4.78, 5) is 32.8. The van der Waals surface area contributed by atoms with Gasteiger partial charge in [0, 0.05) is 11.6 Å². The number of rotatable bonds is 8. The summed E-state index contributed by atoms with van der Waals surface area (Å²) in [6, 6.07) is 9.01. The minimum Gasteiger partial charge on any atom is -0.477 e. The summed E-state index contributed by atoms with van der Waals surface area (Å²) in [7, 11) is 0. The number of hydrogen-bond acceptors (Lipinski definition) is 6. The van der Waals surface area contributed by atoms with Gasteiger partial charge in [-0.1, -0.05) is 12.1 Å². The van der Waals surface area contributed by atoms with Gasteiger partial charge in [0.1, 0.15) is 12.0 Å². The van der Waals surface area contributed by atoms with Crippen LogP contribution in [0.1, 0.15) is 10.4 Å². The number of para-hydroxylation sites is 2. The number of nitro groups is 1. The van der Waals surface area contributed by atoms with E-state index in [4.69, 9.17) is 4.74 Å². The first-order valence-corrected chi connectivity index (χ1v) is 7.11. The Morgan fingerprint density at radius 2 is 1.96 bits per heavy atom. The Labute approximate surface area is 145 Å². The molecule has 1 N–H and O–H groups in total. The number of nitro benzene ring substituents is 1. The van der Waals surface area contributed by atoms with Crippen LogP contribution in [0.4, 0.5) is 20.2 Å². The van der Waals surface area contributed by atoms with Gasteiger partial charge in [-0.05, 0) is 24.3 Å². The lowest BCUT2D eigenvalue weighted by Crippen LogP contribution is -2.21. The SMILES string of the molecule is O=Cc1ccc(OCC(=O)Nc2ccccc2OC(F)F)c([N+](=O)[O-])c1. The van der Waals surface area contributed by atoms with E-state index in [1.54, 1.807) is 0 Å². The second-order valence-electron chi connectivity index (χ2n) is 4.81. The van der Waals surface area contributed by atoms with E-state index in [0.717, 1.165) is 6.07 Å². The summed E-state index contributed by atoms with van der Waals surface area (Å²) >= 11 is 0. The summed E-state index contributed by atoms with van der Waals surface area (Å²) in [5.74, 6) is -1.20. The molecule has 136 valence electrons. The molecule has 0 unspecified atom stereocenters. The lowest BCUT2D eigenvalue weighted by atomic mass is 10.2. The van der Waals surface area contributed by atoms with E-state index < -0.39 is 29.7 Å². The molecule has 0 radical (unpaired) electrons. The number of anilines is 1. The predicted octanol–water partition coefficient (Wildman–Crippen LogP) is 3.03. The molecule has 0 saturated heterocycles. The summed E-state index contributed by atoms with van der Waals surface area (Å²) in [5.41, 5.74) is -0.414. The van der Waals surface area contributed by atoms with Crippen molar-refractivity contribution in [3.63, 3.8) is 0 Å². The van der Waals surface area contributed by atoms with Crippen molar-refractivity contribution in [2.24, 2.45) is 0 Å². The number of alkyl halides is 2. The summed E-state index contributed by atoms with van der Waals surface area (Å²) in [5, 5.41) is 13.3. The number of carbonyl (C=O) groups is 2. The average molecular weight is 366 g/mol. The van der Waals surface area contributed by atoms with E-state index in [0.29, 0.717) is 6.29 Å². The van der Waals surface area contributed by atoms with Crippen molar-refractivity contribution in [2.45, 2.75) is 6.61 Å². The molecule has 26 heavy (non-hydrogen) atoms. The molecular formula is C16H12F2N2O6. The topological polar surface area (TPSA) is 108 Å². The fraction of sp³-hybridized carbons (Fsp3) is 0.125. The second-order valence-corrected chi connectivity index (χ2v) is 4.81. The zero-order valence-corrected chi connectivity index (χ0v) is 13.1. The van der Waals surface area contributed by atoms with Crippen LogP contribution < -0.4 is 14.8 Å². The van der Waals surface area contributed by atoms with Gasteiger partial charge in [0.05, 0.1) is 10.6 Å². The molecule has 10 heteroatoms. The Bertz CT molecular complexity index is 828. The maximum Gasteiger partial charge on any atom is 0.387 e. The van der Waals surface area contributed by atoms with Crippen LogP contribution in [0.15, 0.2) is 42.5 Å². The first-order valence-electron chi connectivity index (χ1n) is 7.11. The minimum absolute atomic E-state index is 0.00722. The van der Waals surface area contributed by atoms with E-state index in [9.17, 15) is 28.5 Å². The zero-order valence-electron chi connectivity index (χ0n) is 13.1. The molecular weight excluding hydrogens is 354 g/mol. The van der Waals surface area contributed by atoms with Crippen LogP contribution in [0, 0.1) is 10.1 Å². The molecule has 0 spiro atoms. The van der Waals surface area contributed by atoms with Crippen LogP contribution in [-0.2, 0) is 4.79 Å². The summed E-state index contributed by atoms with van der Waals surface area (Å²) in [6.45, 7) is -3.69. The number of hydrogen-bond donors (Lipinski definition) is 1. The van der Waals surface area contributed by atoms with Crippen LogP contribution in [-0.4, -0.2) is 30.3 Å². The van der Waals surface area contributed by atoms with Crippen molar-refractivity contribution < 1.29 is 32.8 Å². The molecule has 0 heterocycles. The zero-order chi connectivity index (χ0) is 19.1. The molecule has 0 bridgehead atoms. The van der Waals surface area contributed by atoms with Gasteiger partial charge in [-0.3, -0.25) is 19.7 Å². The number of nitrogens with one attached hydrogen (secondary N) is 1. The number of aldehydes is 1. The van der Waals surface area contributed by atoms with Gasteiger partial charge in [-0.15, -0.1) is 0 Å². The number of carbonyl (C=O) groups excluding carboxylic acids is 2. The molecule has 0 aliphatic heterocycles. The smallest absolute Gasteiger partial charge is 0.387 e. The van der Waals surface area contributed by atoms with Crippen molar-refractivity contribution >= 4 is 23.6 Å². The molecule has 1 amide bonds. The Morgan fingerprint density at radius 1 is 1.23 bits per heavy atom. The lowest BCUT2D eigenvalue weighted by molar-refractivity contribution is -0.385. The van der Waals surface area contributed by atoms with Crippen molar-refractivity contribution in [3.8, 4) is 11.5 Å². The third-order valence-electron chi connectivity index (χ3n) is 3.05. The summed E-state index contributed by atoms with van der Waals surface area (Å²) < 4.78 is 34.1. The molecule has 8 nitrogen and oxygen atoms in total. The second kappa shape index (κ2) is 8.51. The van der Waals surface area contributed by atoms with Crippen molar-refractivity contribution in [1.29, 1.82) is 0 Å². The average Bonchev–Trinajstić information content (AvgIpc) is 2.61. The standard InChI is InChI=1S/C16H12F2N2O6/c17-16(18)26-13-4-2-1-3-11(13)19-15(22)9-25-14-6-5-10(8-21)7-12(14)20(23)24/h1-8,16H,9H2,(H,19,22). The molecule has 2 aromatic carbocycles. The first-order chi connectivity index (χ1) is 12.4. The third kappa shape index (κ3) is 4.97. The number of benzene rings is 2. The number of halogens is 2. The molecule has 2 aromatic rings. The number of nitrogens with zero attached hydrogens (tertiary/aromatic N) is 1. The molecule has 0 aromatic heterocycles. The highest BCUT2D eigenvalue weighted by Gasteiger charge is 2.18. The van der Waals surface area contributed by atoms with Crippen LogP contribution in [0.5, 0.6) is 11.5 Å². The highest BCUT2D eigenvalue weighted by atomic mass is 19.3. The van der Waals surface area contributed by atoms with Gasteiger partial charge < -0.3 is 14.8 Å². The van der Waals surface area contributed by atoms with Gasteiger partial charge in [-0.25, -0.2) is 0 Å². The van der Waals surface area contributed by atoms with E-state index in [-0.39, 0.29) is 22.7 Å². The van der Waals surface area contributed by atoms with Crippen molar-refractivity contribution in [1.82, 2.24) is 0 Å². The number of ether oxygens (including phenoxy) is 2. The van der Waals surface area contributed by atoms with Gasteiger partial charge in [0.15, 0.2) is 12.4 Å². The molecule has 0 aliphatic rings. The van der Waals surface area contributed by atoms with Crippen LogP contribution in [0.3, 0.4) is 0 Å². The normalized spacial score (nSPS) is 10.3. The monoisotopic (exact) mass is 366 g/mol. The Morgan fingerprint density at radius 3 is 2.62 bits per heavy atom. The van der Waals surface area contributed by atoms with Crippen LogP contribution in [0.2, 0.25) is 0 Å². The molecule has 0 atom stereocenters. The Balaban J connectivity index is 2.06. The van der Waals surface area contributed by atoms with E-state index >= 15 is 0 Å². The van der Waals surface area contributed by atoms with E-state index in [1.807, 2.05) is 0 Å². The quantitative estimate of drug-likeness (QED) is 0.437. The van der Waals surface area contributed by atoms with E-state index in [2.05, 4.69) is 10.1 Å². The van der Waals surface area contributed by atoms with E-state index in [1.165, 1.54) is 36.4 Å². The molecule has 2 rings (SSSR count). The molecule has 0 aliphatic carbocycles. The highest BCUT2D eigenvalue weighted by molar-refractivity contribution is 5.93. The Hall–Kier alpha value is -3.56. The van der Waals surface area contributed by atoms with Crippen molar-refractivity contribution in [2.75, 3.05) is 11.9 Å². The largest absolute Gasteiger partial charge is 0.477 e. The van der Waals surface area contributed by atoms with Gasteiger partial charge in [-0.2, -0.15) is 8.78 Å². The lowest BCUT2D eigenvalue weighted by Gasteiger charge is -2.12. The fourth-order valence-corrected chi connectivity index (χ4v) is 1.97. The molecule has 0 saturated carbocycles. The van der Waals surface area contributed by atoms with Gasteiger partial charge in [0.2, 0.25) is 0 Å². The third-order valence-corrected chi connectivity index (χ3v) is 3.05. The van der Waals surface area contributed by atoms with Gasteiger partial charge >= 0.3 is 12.3 Å². The van der Waals surface area contributed by atoms with Gasteiger partial charge in [0.25, 0.3) is 5.91 Å². The summed E-state index contributed by atoms with van der Waals surface area (Å²) in [6.07, 6.45) is 0.434. The van der Waals surface area contributed by atoms with Crippen molar-refractivity contribution in [3.05, 3.63) is 58.1 Å². The first kappa shape index (κ1) is 18.8. The minimum atomic E-state index is -3.07. The van der Waals surface area contributed by atoms with Crippen LogP contribution in [0.25, 0.3) is 0 Å². The predicted molar refractivity (Wildman–Crippen MR) is 85.7 cm³/mol. The maximum atomic E-state index is 12.3. The Kier molecular flexibility index (Phi) is 6.15.